The van der Waals surface area contributed by atoms with Crippen LogP contribution >= 0.6 is 0 Å². The fraction of sp³-hybridized carbons (Fsp3) is 0.548. The summed E-state index contributed by atoms with van der Waals surface area (Å²) in [4.78, 5) is 16.6. The van der Waals surface area contributed by atoms with Gasteiger partial charge in [-0.15, -0.1) is 0 Å². The highest BCUT2D eigenvalue weighted by Gasteiger charge is 2.50. The van der Waals surface area contributed by atoms with Crippen molar-refractivity contribution in [3.63, 3.8) is 0 Å². The van der Waals surface area contributed by atoms with E-state index in [1.165, 1.54) is 18.6 Å². The molecule has 4 aliphatic rings. The number of halogens is 1. The standard InChI is InChI=1S/C31H40N3O4S.BrH/c1-31(27-9-4-2-5-10-27,33-17-6-3-7-18-33)30(35)38-29-24-34(20-15-26(29)16-21-34)19-8-22-39(36,37)28-13-11-25(23-32)12-14-28;/h2,4-5,9-14,26,29H,3,6-8,15-22,24H2,1H3;1H/q+1;/p-1/t26?,29-,31-,34?;/m0./s1. The number of ether oxygens (including phenoxy) is 1. The van der Waals surface area contributed by atoms with Gasteiger partial charge in [-0.05, 0) is 62.7 Å². The number of fused-ring (bicyclic) bond motifs is 3. The number of carbonyl (C=O) groups excluding carboxylic acids is 1. The summed E-state index contributed by atoms with van der Waals surface area (Å²) in [6.45, 7) is 7.35. The van der Waals surface area contributed by atoms with E-state index in [4.69, 9.17) is 10.00 Å². The molecule has 2 bridgehead atoms. The Labute approximate surface area is 249 Å². The number of carbonyl (C=O) groups is 1. The summed E-state index contributed by atoms with van der Waals surface area (Å²) in [6, 6.07) is 18.2. The zero-order valence-electron chi connectivity index (χ0n) is 23.3. The van der Waals surface area contributed by atoms with E-state index in [9.17, 15) is 13.2 Å². The van der Waals surface area contributed by atoms with Crippen LogP contribution in [0.2, 0.25) is 0 Å². The van der Waals surface area contributed by atoms with Gasteiger partial charge in [0.25, 0.3) is 0 Å². The lowest BCUT2D eigenvalue weighted by atomic mass is 9.82. The normalized spacial score (nSPS) is 26.2. The molecule has 0 unspecified atom stereocenters. The highest BCUT2D eigenvalue weighted by molar-refractivity contribution is 7.91. The quantitative estimate of drug-likeness (QED) is 0.307. The van der Waals surface area contributed by atoms with E-state index in [0.717, 1.165) is 75.0 Å². The average Bonchev–Trinajstić information content (AvgIpc) is 2.98. The van der Waals surface area contributed by atoms with E-state index in [1.807, 2.05) is 43.3 Å². The third-order valence-corrected chi connectivity index (χ3v) is 11.2. The van der Waals surface area contributed by atoms with Gasteiger partial charge in [-0.1, -0.05) is 36.8 Å². The zero-order valence-corrected chi connectivity index (χ0v) is 25.7. The minimum atomic E-state index is -3.41. The molecular weight excluding hydrogens is 590 g/mol. The zero-order chi connectivity index (χ0) is 27.5. The van der Waals surface area contributed by atoms with Crippen LogP contribution in [0.15, 0.2) is 59.5 Å². The van der Waals surface area contributed by atoms with Crippen molar-refractivity contribution in [3.8, 4) is 6.07 Å². The first-order chi connectivity index (χ1) is 18.8. The molecule has 0 spiro atoms. The number of nitrogens with zero attached hydrogens (tertiary/aromatic N) is 3. The van der Waals surface area contributed by atoms with Gasteiger partial charge in [-0.25, -0.2) is 13.2 Å². The maximum absolute atomic E-state index is 14.0. The molecule has 2 atom stereocenters. The Morgan fingerprint density at radius 1 is 1.05 bits per heavy atom. The van der Waals surface area contributed by atoms with Crippen LogP contribution in [0.25, 0.3) is 0 Å². The van der Waals surface area contributed by atoms with Crippen LogP contribution in [-0.4, -0.2) is 74.9 Å². The molecular formula is C31H40BrN3O4S. The number of hydrogen-bond acceptors (Lipinski definition) is 6. The number of piperidine rings is 4. The summed E-state index contributed by atoms with van der Waals surface area (Å²) in [6.07, 6.45) is 5.81. The van der Waals surface area contributed by atoms with Gasteiger partial charge in [-0.2, -0.15) is 5.26 Å². The molecule has 4 aliphatic heterocycles. The summed E-state index contributed by atoms with van der Waals surface area (Å²) in [7, 11) is -3.41. The fourth-order valence-corrected chi connectivity index (χ4v) is 8.19. The third kappa shape index (κ3) is 6.30. The number of rotatable bonds is 9. The fourth-order valence-electron chi connectivity index (χ4n) is 6.90. The summed E-state index contributed by atoms with van der Waals surface area (Å²) in [5, 5.41) is 8.99. The number of sulfone groups is 1. The summed E-state index contributed by atoms with van der Waals surface area (Å²) < 4.78 is 33.1. The molecule has 4 heterocycles. The summed E-state index contributed by atoms with van der Waals surface area (Å²) in [5.74, 6) is 0.294. The molecule has 0 aliphatic carbocycles. The van der Waals surface area contributed by atoms with E-state index in [2.05, 4.69) is 4.90 Å². The lowest BCUT2D eigenvalue weighted by molar-refractivity contribution is -0.946. The lowest BCUT2D eigenvalue weighted by Gasteiger charge is -2.52. The van der Waals surface area contributed by atoms with Crippen LogP contribution in [0, 0.1) is 17.2 Å². The third-order valence-electron chi connectivity index (χ3n) is 9.41. The Kier molecular flexibility index (Phi) is 9.77. The minimum Gasteiger partial charge on any atom is -1.00 e. The Balaban J connectivity index is 0.00000370. The van der Waals surface area contributed by atoms with Crippen molar-refractivity contribution in [1.29, 1.82) is 5.26 Å². The highest BCUT2D eigenvalue weighted by atomic mass is 79.9. The Morgan fingerprint density at radius 2 is 1.70 bits per heavy atom. The maximum Gasteiger partial charge on any atom is 0.331 e. The van der Waals surface area contributed by atoms with Gasteiger partial charge in [-0.3, -0.25) is 4.90 Å². The molecule has 9 heteroatoms. The molecule has 216 valence electrons. The molecule has 0 amide bonds. The van der Waals surface area contributed by atoms with Gasteiger partial charge >= 0.3 is 5.97 Å². The molecule has 0 radical (unpaired) electrons. The van der Waals surface area contributed by atoms with Gasteiger partial charge in [0, 0.05) is 25.2 Å². The maximum atomic E-state index is 14.0. The van der Waals surface area contributed by atoms with Crippen molar-refractivity contribution >= 4 is 15.8 Å². The van der Waals surface area contributed by atoms with Crippen molar-refractivity contribution in [2.45, 2.75) is 62.0 Å². The van der Waals surface area contributed by atoms with Crippen molar-refractivity contribution in [3.05, 3.63) is 65.7 Å². The van der Waals surface area contributed by atoms with E-state index in [-0.39, 0.29) is 39.7 Å². The lowest BCUT2D eigenvalue weighted by Crippen LogP contribution is -3.00. The first kappa shape index (κ1) is 30.7. The van der Waals surface area contributed by atoms with Gasteiger partial charge in [0.1, 0.15) is 12.1 Å². The second kappa shape index (κ2) is 12.7. The summed E-state index contributed by atoms with van der Waals surface area (Å²) >= 11 is 0. The second-order valence-corrected chi connectivity index (χ2v) is 13.9. The minimum absolute atomic E-state index is 0. The molecule has 7 nitrogen and oxygen atoms in total. The second-order valence-electron chi connectivity index (χ2n) is 11.8. The number of benzene rings is 2. The molecule has 0 saturated carbocycles. The molecule has 4 saturated heterocycles. The first-order valence-electron chi connectivity index (χ1n) is 14.4. The first-order valence-corrected chi connectivity index (χ1v) is 16.0. The predicted molar refractivity (Wildman–Crippen MR) is 149 cm³/mol. The molecule has 6 rings (SSSR count). The SMILES string of the molecule is C[C@@](C(=O)O[C@H]1C[N+]2(CCCS(=O)(=O)c3ccc(C#N)cc3)CCC1CC2)(c1ccccc1)N1CCCCC1.[Br-]. The van der Waals surface area contributed by atoms with Crippen molar-refractivity contribution in [2.75, 3.05) is 45.0 Å². The van der Waals surface area contributed by atoms with Crippen molar-refractivity contribution < 1.29 is 39.4 Å². The molecule has 4 fully saturated rings. The molecule has 2 aromatic rings. The highest BCUT2D eigenvalue weighted by Crippen LogP contribution is 2.39. The Morgan fingerprint density at radius 3 is 2.33 bits per heavy atom. The molecule has 0 aromatic heterocycles. The predicted octanol–water partition coefficient (Wildman–Crippen LogP) is 1.28. The topological polar surface area (TPSA) is 87.5 Å². The van der Waals surface area contributed by atoms with Crippen LogP contribution in [0.3, 0.4) is 0 Å². The van der Waals surface area contributed by atoms with Crippen molar-refractivity contribution in [2.24, 2.45) is 5.92 Å². The number of hydrogen-bond donors (Lipinski definition) is 0. The Bertz CT molecular complexity index is 1300. The van der Waals surface area contributed by atoms with E-state index >= 15 is 0 Å². The van der Waals surface area contributed by atoms with Gasteiger partial charge in [0.2, 0.25) is 0 Å². The molecule has 2 aromatic carbocycles. The van der Waals surface area contributed by atoms with E-state index in [0.29, 0.717) is 17.9 Å². The number of quaternary nitrogens is 1. The van der Waals surface area contributed by atoms with Crippen molar-refractivity contribution in [1.82, 2.24) is 4.90 Å². The average molecular weight is 631 g/mol. The van der Waals surface area contributed by atoms with E-state index in [1.54, 1.807) is 12.1 Å². The largest absolute Gasteiger partial charge is 1.00 e. The number of nitriles is 1. The smallest absolute Gasteiger partial charge is 0.331 e. The molecule has 40 heavy (non-hydrogen) atoms. The van der Waals surface area contributed by atoms with Crippen LogP contribution in [0.5, 0.6) is 0 Å². The number of likely N-dealkylation sites (tertiary alicyclic amines) is 1. The van der Waals surface area contributed by atoms with Gasteiger partial charge < -0.3 is 26.2 Å². The summed E-state index contributed by atoms with van der Waals surface area (Å²) in [5.41, 5.74) is 0.621. The van der Waals surface area contributed by atoms with Gasteiger partial charge in [0.05, 0.1) is 41.9 Å². The molecule has 0 N–H and O–H groups in total. The van der Waals surface area contributed by atoms with Crippen LogP contribution in [0.4, 0.5) is 0 Å². The monoisotopic (exact) mass is 629 g/mol. The van der Waals surface area contributed by atoms with Crippen LogP contribution in [0.1, 0.15) is 56.6 Å². The van der Waals surface area contributed by atoms with Crippen LogP contribution in [-0.2, 0) is 24.9 Å². The van der Waals surface area contributed by atoms with E-state index < -0.39 is 15.4 Å². The van der Waals surface area contributed by atoms with Gasteiger partial charge in [0.15, 0.2) is 15.9 Å². The van der Waals surface area contributed by atoms with Crippen LogP contribution < -0.4 is 17.0 Å². The Hall–Kier alpha value is -2.25. The number of esters is 1.